The lowest BCUT2D eigenvalue weighted by molar-refractivity contribution is -0.123. The van der Waals surface area contributed by atoms with Crippen molar-refractivity contribution in [3.63, 3.8) is 0 Å². The van der Waals surface area contributed by atoms with Gasteiger partial charge in [-0.05, 0) is 70.2 Å². The molecule has 11 heteroatoms. The van der Waals surface area contributed by atoms with Crippen molar-refractivity contribution >= 4 is 34.9 Å². The van der Waals surface area contributed by atoms with Crippen LogP contribution in [-0.2, 0) is 11.2 Å². The van der Waals surface area contributed by atoms with Gasteiger partial charge in [0.2, 0.25) is 0 Å². The van der Waals surface area contributed by atoms with E-state index in [0.717, 1.165) is 66.9 Å². The lowest BCUT2D eigenvalue weighted by Gasteiger charge is -2.35. The van der Waals surface area contributed by atoms with Gasteiger partial charge in [0, 0.05) is 49.0 Å². The third-order valence-electron chi connectivity index (χ3n) is 7.56. The van der Waals surface area contributed by atoms with Gasteiger partial charge in [0.15, 0.2) is 12.3 Å². The number of piperidine rings is 1. The minimum Gasteiger partial charge on any atom is -0.483 e. The Morgan fingerprint density at radius 3 is 2.85 bits per heavy atom. The molecule has 1 unspecified atom stereocenters. The summed E-state index contributed by atoms with van der Waals surface area (Å²) in [5, 5.41) is 8.38. The molecule has 0 saturated carbocycles. The Bertz CT molecular complexity index is 1370. The van der Waals surface area contributed by atoms with Gasteiger partial charge in [-0.2, -0.15) is 9.61 Å². The number of ether oxygens (including phenoxy) is 1. The third-order valence-corrected chi connectivity index (χ3v) is 7.80. The van der Waals surface area contributed by atoms with E-state index in [1.54, 1.807) is 18.2 Å². The number of nitrogens with two attached hydrogens (primary N) is 1. The number of nitrogens with one attached hydrogen (secondary N) is 1. The van der Waals surface area contributed by atoms with Gasteiger partial charge in [-0.25, -0.2) is 4.98 Å². The molecular weight excluding hydrogens is 518 g/mol. The average Bonchev–Trinajstić information content (AvgIpc) is 3.35. The van der Waals surface area contributed by atoms with E-state index >= 15 is 0 Å². The topological polar surface area (TPSA) is 118 Å². The second kappa shape index (κ2) is 11.8. The molecule has 2 aliphatic heterocycles. The number of nitrogens with zero attached hydrogens (tertiary/aromatic N) is 5. The monoisotopic (exact) mass is 553 g/mol. The number of benzene rings is 1. The number of unbranched alkanes of at least 4 members (excludes halogenated alkanes) is 1. The Morgan fingerprint density at radius 1 is 1.18 bits per heavy atom. The van der Waals surface area contributed by atoms with Crippen LogP contribution in [0.2, 0.25) is 5.02 Å². The molecule has 2 aliphatic rings. The van der Waals surface area contributed by atoms with E-state index in [0.29, 0.717) is 42.5 Å². The number of aromatic nitrogens is 3. The smallest absolute Gasteiger partial charge is 0.258 e. The van der Waals surface area contributed by atoms with Gasteiger partial charge in [0.05, 0.1) is 17.3 Å². The Kier molecular flexibility index (Phi) is 8.23. The molecule has 1 saturated heterocycles. The highest BCUT2D eigenvalue weighted by Gasteiger charge is 2.33. The molecule has 3 N–H and O–H groups in total. The van der Waals surface area contributed by atoms with Crippen LogP contribution in [-0.4, -0.2) is 71.1 Å². The number of likely N-dealkylation sites (N-methyl/N-ethyl adjacent to an activating group) is 1. The summed E-state index contributed by atoms with van der Waals surface area (Å²) >= 11 is 6.29. The lowest BCUT2D eigenvalue weighted by atomic mass is 9.98. The zero-order valence-corrected chi connectivity index (χ0v) is 23.3. The Hall–Kier alpha value is -3.37. The van der Waals surface area contributed by atoms with Crippen LogP contribution in [0.5, 0.6) is 5.75 Å². The van der Waals surface area contributed by atoms with E-state index in [1.807, 2.05) is 22.5 Å². The number of carbonyl (C=O) groups excluding carboxylic acids is 2. The second-order valence-electron chi connectivity index (χ2n) is 10.3. The molecule has 1 fully saturated rings. The van der Waals surface area contributed by atoms with Crippen molar-refractivity contribution in [3.8, 4) is 5.75 Å². The SMILES string of the molecule is Cc1c(CCCCN)nc2cc3nn2c1N(C)CCNC(=O)COc1ccc(Cl)cc1C(=O)N1CCCCC31. The van der Waals surface area contributed by atoms with Crippen LogP contribution in [0, 0.1) is 6.92 Å². The van der Waals surface area contributed by atoms with Gasteiger partial charge in [0.1, 0.15) is 11.6 Å². The quantitative estimate of drug-likeness (QED) is 0.476. The summed E-state index contributed by atoms with van der Waals surface area (Å²) in [5.74, 6) is 0.813. The molecule has 2 aromatic heterocycles. The van der Waals surface area contributed by atoms with Gasteiger partial charge < -0.3 is 25.6 Å². The molecule has 39 heavy (non-hydrogen) atoms. The zero-order valence-electron chi connectivity index (χ0n) is 22.6. The first-order chi connectivity index (χ1) is 18.9. The van der Waals surface area contributed by atoms with Gasteiger partial charge in [-0.15, -0.1) is 0 Å². The number of amides is 2. The molecular formula is C28H36ClN7O3. The van der Waals surface area contributed by atoms with E-state index in [1.165, 1.54) is 0 Å². The molecule has 2 amide bonds. The predicted molar refractivity (Wildman–Crippen MR) is 151 cm³/mol. The van der Waals surface area contributed by atoms with E-state index < -0.39 is 0 Å². The van der Waals surface area contributed by atoms with Gasteiger partial charge in [-0.3, -0.25) is 9.59 Å². The van der Waals surface area contributed by atoms with Crippen molar-refractivity contribution in [2.45, 2.75) is 51.5 Å². The summed E-state index contributed by atoms with van der Waals surface area (Å²) < 4.78 is 7.71. The van der Waals surface area contributed by atoms with Crippen molar-refractivity contribution in [2.75, 3.05) is 44.7 Å². The Balaban J connectivity index is 1.63. The van der Waals surface area contributed by atoms with Crippen molar-refractivity contribution in [1.82, 2.24) is 24.8 Å². The molecule has 0 aliphatic carbocycles. The number of hydrogen-bond acceptors (Lipinski definition) is 7. The van der Waals surface area contributed by atoms with Gasteiger partial charge in [0.25, 0.3) is 11.8 Å². The fourth-order valence-corrected chi connectivity index (χ4v) is 5.69. The van der Waals surface area contributed by atoms with Crippen LogP contribution < -0.4 is 20.7 Å². The zero-order chi connectivity index (χ0) is 27.5. The molecule has 4 heterocycles. The first-order valence-corrected chi connectivity index (χ1v) is 14.1. The number of hydrogen-bond donors (Lipinski definition) is 2. The molecule has 10 nitrogen and oxygen atoms in total. The number of carbonyl (C=O) groups is 2. The van der Waals surface area contributed by atoms with Gasteiger partial charge >= 0.3 is 0 Å². The predicted octanol–water partition coefficient (Wildman–Crippen LogP) is 3.28. The van der Waals surface area contributed by atoms with Crippen molar-refractivity contribution in [3.05, 3.63) is 51.8 Å². The molecule has 5 rings (SSSR count). The van der Waals surface area contributed by atoms with Crippen LogP contribution >= 0.6 is 11.6 Å². The largest absolute Gasteiger partial charge is 0.483 e. The number of halogens is 1. The normalized spacial score (nSPS) is 18.6. The Morgan fingerprint density at radius 2 is 2.03 bits per heavy atom. The van der Waals surface area contributed by atoms with E-state index in [4.69, 9.17) is 32.2 Å². The molecule has 0 radical (unpaired) electrons. The fourth-order valence-electron chi connectivity index (χ4n) is 5.52. The van der Waals surface area contributed by atoms with Crippen LogP contribution in [0.15, 0.2) is 24.3 Å². The molecule has 1 aromatic carbocycles. The lowest BCUT2D eigenvalue weighted by Crippen LogP contribution is -2.39. The minimum atomic E-state index is -0.264. The molecule has 0 spiro atoms. The summed E-state index contributed by atoms with van der Waals surface area (Å²) in [6, 6.07) is 6.72. The van der Waals surface area contributed by atoms with E-state index in [-0.39, 0.29) is 24.5 Å². The summed E-state index contributed by atoms with van der Waals surface area (Å²) in [7, 11) is 2.00. The molecule has 1 atom stereocenters. The summed E-state index contributed by atoms with van der Waals surface area (Å²) in [4.78, 5) is 35.5. The maximum absolute atomic E-state index is 13.9. The number of fused-ring (bicyclic) bond motifs is 4. The third kappa shape index (κ3) is 5.67. The number of anilines is 1. The van der Waals surface area contributed by atoms with Crippen molar-refractivity contribution < 1.29 is 14.3 Å². The maximum atomic E-state index is 13.9. The minimum absolute atomic E-state index is 0.189. The highest BCUT2D eigenvalue weighted by Crippen LogP contribution is 2.35. The standard InChI is InChI=1S/C28H36ClN7O3/c1-18-21(7-3-5-11-30)32-25-16-22-23-8-4-6-13-35(23)28(38)20-15-19(29)9-10-24(20)39-17-26(37)31-12-14-34(2)27(18)36(25)33-22/h9-10,15-16,23H,3-8,11-14,17,30H2,1-2H3,(H,31,37). The van der Waals surface area contributed by atoms with Crippen molar-refractivity contribution in [2.24, 2.45) is 5.73 Å². The summed E-state index contributed by atoms with van der Waals surface area (Å²) in [6.45, 7) is 4.10. The highest BCUT2D eigenvalue weighted by molar-refractivity contribution is 6.31. The number of aryl methyl sites for hydroxylation is 1. The molecule has 2 bridgehead atoms. The molecule has 3 aromatic rings. The first kappa shape index (κ1) is 27.2. The first-order valence-electron chi connectivity index (χ1n) is 13.7. The van der Waals surface area contributed by atoms with Crippen molar-refractivity contribution in [1.29, 1.82) is 0 Å². The number of rotatable bonds is 4. The van der Waals surface area contributed by atoms with Crippen LogP contribution in [0.3, 0.4) is 0 Å². The van der Waals surface area contributed by atoms with E-state index in [2.05, 4.69) is 17.1 Å². The van der Waals surface area contributed by atoms with Crippen LogP contribution in [0.25, 0.3) is 5.65 Å². The van der Waals surface area contributed by atoms with Gasteiger partial charge in [-0.1, -0.05) is 11.6 Å². The summed E-state index contributed by atoms with van der Waals surface area (Å²) in [5.41, 5.74) is 9.71. The fraction of sp³-hybridized carbons (Fsp3) is 0.500. The second-order valence-corrected chi connectivity index (χ2v) is 10.7. The summed E-state index contributed by atoms with van der Waals surface area (Å²) in [6.07, 6.45) is 5.38. The molecule has 208 valence electrons. The van der Waals surface area contributed by atoms with E-state index in [9.17, 15) is 9.59 Å². The van der Waals surface area contributed by atoms with Crippen LogP contribution in [0.1, 0.15) is 65.5 Å². The highest BCUT2D eigenvalue weighted by atomic mass is 35.5. The average molecular weight is 554 g/mol. The maximum Gasteiger partial charge on any atom is 0.258 e. The Labute approximate surface area is 233 Å². The van der Waals surface area contributed by atoms with Crippen LogP contribution in [0.4, 0.5) is 5.82 Å².